The molecule has 0 saturated carbocycles. The lowest BCUT2D eigenvalue weighted by molar-refractivity contribution is 0.0193. The molecule has 10 heteroatoms. The number of hydrogen-bond acceptors (Lipinski definition) is 5. The van der Waals surface area contributed by atoms with Gasteiger partial charge in [0.1, 0.15) is 11.8 Å². The van der Waals surface area contributed by atoms with Crippen molar-refractivity contribution < 1.29 is 14.3 Å². The van der Waals surface area contributed by atoms with Gasteiger partial charge in [-0.3, -0.25) is 19.4 Å². The molecule has 0 unspecified atom stereocenters. The number of anilines is 2. The van der Waals surface area contributed by atoms with Gasteiger partial charge in [0.05, 0.1) is 24.5 Å². The van der Waals surface area contributed by atoms with Crippen molar-refractivity contribution in [1.29, 1.82) is 5.26 Å². The monoisotopic (exact) mass is 700 g/mol. The maximum absolute atomic E-state index is 14.8. The number of nitriles is 1. The molecule has 2 aromatic heterocycles. The lowest BCUT2D eigenvalue weighted by atomic mass is 9.92. The minimum absolute atomic E-state index is 0.0202. The molecule has 9 nitrogen and oxygen atoms in total. The zero-order valence-corrected chi connectivity index (χ0v) is 30.2. The minimum atomic E-state index is -0.244. The van der Waals surface area contributed by atoms with Crippen molar-refractivity contribution >= 4 is 34.8 Å². The van der Waals surface area contributed by atoms with E-state index in [1.165, 1.54) is 5.56 Å². The van der Waals surface area contributed by atoms with Crippen molar-refractivity contribution in [3.8, 4) is 17.3 Å². The Morgan fingerprint density at radius 1 is 0.882 bits per heavy atom. The second-order valence-corrected chi connectivity index (χ2v) is 13.8. The van der Waals surface area contributed by atoms with Gasteiger partial charge in [-0.15, -0.1) is 0 Å². The fraction of sp³-hybridized carbons (Fsp3) is 0.293. The lowest BCUT2D eigenvalue weighted by Gasteiger charge is -2.40. The number of nitrogens with zero attached hydrogens (tertiary/aromatic N) is 6. The fourth-order valence-electron chi connectivity index (χ4n) is 7.39. The van der Waals surface area contributed by atoms with Gasteiger partial charge in [0.2, 0.25) is 0 Å². The van der Waals surface area contributed by atoms with Crippen LogP contribution >= 0.6 is 11.6 Å². The molecule has 0 radical (unpaired) electrons. The van der Waals surface area contributed by atoms with Gasteiger partial charge in [-0.1, -0.05) is 54.1 Å². The number of aromatic nitrogens is 2. The molecule has 0 aliphatic carbocycles. The molecule has 2 amide bonds. The topological polar surface area (TPSA) is 86.7 Å². The van der Waals surface area contributed by atoms with E-state index in [0.717, 1.165) is 43.0 Å². The molecule has 3 aromatic carbocycles. The predicted molar refractivity (Wildman–Crippen MR) is 199 cm³/mol. The van der Waals surface area contributed by atoms with Crippen LogP contribution in [0.5, 0.6) is 0 Å². The van der Waals surface area contributed by atoms with Crippen LogP contribution < -0.4 is 4.90 Å². The Balaban J connectivity index is 1.29. The lowest BCUT2D eigenvalue weighted by Crippen LogP contribution is -2.52. The predicted octanol–water partition coefficient (Wildman–Crippen LogP) is 7.05. The summed E-state index contributed by atoms with van der Waals surface area (Å²) in [6, 6.07) is 29.0. The van der Waals surface area contributed by atoms with Crippen LogP contribution in [0, 0.1) is 25.2 Å². The molecule has 5 aromatic rings. The van der Waals surface area contributed by atoms with Crippen molar-refractivity contribution in [2.45, 2.75) is 32.9 Å². The Bertz CT molecular complexity index is 2160. The smallest absolute Gasteiger partial charge is 0.264 e. The summed E-state index contributed by atoms with van der Waals surface area (Å²) >= 11 is 6.65. The Hall–Kier alpha value is -5.14. The number of benzene rings is 3. The van der Waals surface area contributed by atoms with E-state index >= 15 is 0 Å². The van der Waals surface area contributed by atoms with Crippen LogP contribution in [-0.4, -0.2) is 69.6 Å². The van der Waals surface area contributed by atoms with Gasteiger partial charge in [-0.25, -0.2) is 0 Å². The van der Waals surface area contributed by atoms with Crippen molar-refractivity contribution in [2.24, 2.45) is 14.1 Å². The minimum Gasteiger partial charge on any atom is -0.379 e. The highest BCUT2D eigenvalue weighted by atomic mass is 35.5. The number of hydrogen-bond donors (Lipinski definition) is 0. The van der Waals surface area contributed by atoms with E-state index in [-0.39, 0.29) is 17.9 Å². The number of amides is 2. The first-order valence-electron chi connectivity index (χ1n) is 17.3. The van der Waals surface area contributed by atoms with Crippen molar-refractivity contribution in [3.63, 3.8) is 0 Å². The Morgan fingerprint density at radius 2 is 1.59 bits per heavy atom. The first-order chi connectivity index (χ1) is 24.7. The molecule has 7 rings (SSSR count). The van der Waals surface area contributed by atoms with Gasteiger partial charge >= 0.3 is 0 Å². The number of ether oxygens (including phenoxy) is 1. The summed E-state index contributed by atoms with van der Waals surface area (Å²) in [6.45, 7) is 8.14. The first kappa shape index (κ1) is 34.3. The number of morpholine rings is 1. The van der Waals surface area contributed by atoms with Crippen LogP contribution in [0.15, 0.2) is 84.9 Å². The van der Waals surface area contributed by atoms with Crippen LogP contribution in [0.2, 0.25) is 5.02 Å². The third-order valence-corrected chi connectivity index (χ3v) is 10.8. The molecule has 2 aliphatic rings. The van der Waals surface area contributed by atoms with Crippen LogP contribution in [0.1, 0.15) is 48.9 Å². The Kier molecular flexibility index (Phi) is 9.58. The highest BCUT2D eigenvalue weighted by molar-refractivity contribution is 6.31. The second kappa shape index (κ2) is 14.2. The molecule has 1 atom stereocenters. The van der Waals surface area contributed by atoms with Crippen LogP contribution in [0.3, 0.4) is 0 Å². The number of para-hydroxylation sites is 1. The molecule has 2 aliphatic heterocycles. The first-order valence-corrected chi connectivity index (χ1v) is 17.6. The molecule has 0 bridgehead atoms. The van der Waals surface area contributed by atoms with E-state index in [2.05, 4.69) is 29.2 Å². The molecule has 260 valence electrons. The number of carbonyl (C=O) groups excluding carboxylic acids is 2. The largest absolute Gasteiger partial charge is 0.379 e. The average Bonchev–Trinajstić information content (AvgIpc) is 3.61. The number of carbonyl (C=O) groups is 2. The summed E-state index contributed by atoms with van der Waals surface area (Å²) in [5, 5.41) is 10.3. The quantitative estimate of drug-likeness (QED) is 0.182. The molecular weight excluding hydrogens is 660 g/mol. The average molecular weight is 701 g/mol. The number of fused-ring (bicyclic) bond motifs is 1. The van der Waals surface area contributed by atoms with Gasteiger partial charge in [-0.2, -0.15) is 5.26 Å². The van der Waals surface area contributed by atoms with Gasteiger partial charge in [0, 0.05) is 85.2 Å². The van der Waals surface area contributed by atoms with Crippen molar-refractivity contribution in [3.05, 3.63) is 129 Å². The van der Waals surface area contributed by atoms with Gasteiger partial charge in [0.15, 0.2) is 0 Å². The third kappa shape index (κ3) is 6.47. The molecule has 51 heavy (non-hydrogen) atoms. The third-order valence-electron chi connectivity index (χ3n) is 10.5. The van der Waals surface area contributed by atoms with Gasteiger partial charge in [-0.05, 0) is 73.9 Å². The number of rotatable bonds is 7. The maximum Gasteiger partial charge on any atom is 0.264 e. The van der Waals surface area contributed by atoms with Crippen molar-refractivity contribution in [1.82, 2.24) is 18.9 Å². The van der Waals surface area contributed by atoms with Crippen LogP contribution in [-0.2, 0) is 31.8 Å². The molecule has 1 saturated heterocycles. The molecule has 0 N–H and O–H groups in total. The summed E-state index contributed by atoms with van der Waals surface area (Å²) in [5.74, 6) is -0.317. The molecule has 0 spiro atoms. The fourth-order valence-corrected chi connectivity index (χ4v) is 7.57. The van der Waals surface area contributed by atoms with Crippen molar-refractivity contribution in [2.75, 3.05) is 37.7 Å². The Morgan fingerprint density at radius 3 is 2.29 bits per heavy atom. The Labute approximate surface area is 303 Å². The van der Waals surface area contributed by atoms with Gasteiger partial charge in [0.25, 0.3) is 11.8 Å². The summed E-state index contributed by atoms with van der Waals surface area (Å²) in [5.41, 5.74) is 8.10. The zero-order valence-electron chi connectivity index (χ0n) is 29.4. The highest BCUT2D eigenvalue weighted by Crippen LogP contribution is 2.37. The van der Waals surface area contributed by atoms with E-state index in [1.54, 1.807) is 21.6 Å². The van der Waals surface area contributed by atoms with Crippen LogP contribution in [0.4, 0.5) is 11.4 Å². The molecular formula is C41H41ClN6O3. The summed E-state index contributed by atoms with van der Waals surface area (Å²) < 4.78 is 9.35. The van der Waals surface area contributed by atoms with E-state index in [4.69, 9.17) is 16.3 Å². The SMILES string of the molecule is Cc1c(N(C(=O)c2cc(-c3cc(Cl)ccc3C(=O)N3Cc4ccccc4C[C@H]3CN3CCOCC3)n(C)c2C)c2ccccc2)cc(C#N)n1C. The maximum atomic E-state index is 14.8. The van der Waals surface area contributed by atoms with Gasteiger partial charge < -0.3 is 18.8 Å². The zero-order chi connectivity index (χ0) is 35.8. The van der Waals surface area contributed by atoms with E-state index < -0.39 is 0 Å². The van der Waals surface area contributed by atoms with E-state index in [1.807, 2.05) is 92.0 Å². The number of halogens is 1. The molecule has 4 heterocycles. The highest BCUT2D eigenvalue weighted by Gasteiger charge is 2.34. The second-order valence-electron chi connectivity index (χ2n) is 13.4. The van der Waals surface area contributed by atoms with E-state index in [9.17, 15) is 14.9 Å². The standard InChI is InChI=1S/C41H41ClN6O3/c1-27-36(41(50)48(32-12-6-5-7-13-32)38-22-33(24-43)44(3)28(38)2)23-39(45(27)4)37-21-31(42)14-15-35(37)40(49)47-25-30-11-9-8-10-29(30)20-34(47)26-46-16-18-51-19-17-46/h5-15,21-23,34H,16-20,25-26H2,1-4H3/t34-/m0/s1. The summed E-state index contributed by atoms with van der Waals surface area (Å²) in [7, 11) is 3.73. The van der Waals surface area contributed by atoms with E-state index in [0.29, 0.717) is 64.2 Å². The summed E-state index contributed by atoms with van der Waals surface area (Å²) in [6.07, 6.45) is 0.770. The van der Waals surface area contributed by atoms with Crippen LogP contribution in [0.25, 0.3) is 11.3 Å². The molecule has 1 fully saturated rings. The summed E-state index contributed by atoms with van der Waals surface area (Å²) in [4.78, 5) is 35.6. The normalized spacial score (nSPS) is 16.1.